The zero-order valence-corrected chi connectivity index (χ0v) is 14.5. The highest BCUT2D eigenvalue weighted by molar-refractivity contribution is 5.92. The van der Waals surface area contributed by atoms with E-state index in [2.05, 4.69) is 20.2 Å². The number of carbonyl (C=O) groups is 1. The van der Waals surface area contributed by atoms with Crippen LogP contribution in [0.4, 0.5) is 0 Å². The average molecular weight is 346 g/mol. The Kier molecular flexibility index (Phi) is 3.96. The third kappa shape index (κ3) is 2.83. The third-order valence-electron chi connectivity index (χ3n) is 4.47. The minimum absolute atomic E-state index is 0.168. The molecule has 1 amide bonds. The predicted molar refractivity (Wildman–Crippen MR) is 97.5 cm³/mol. The van der Waals surface area contributed by atoms with Gasteiger partial charge in [0.25, 0.3) is 5.91 Å². The molecule has 0 bridgehead atoms. The van der Waals surface area contributed by atoms with Crippen LogP contribution in [-0.2, 0) is 0 Å². The maximum atomic E-state index is 12.8. The molecular weight excluding hydrogens is 328 g/mol. The van der Waals surface area contributed by atoms with Crippen LogP contribution < -0.4 is 0 Å². The van der Waals surface area contributed by atoms with Crippen molar-refractivity contribution in [3.8, 4) is 11.3 Å². The maximum absolute atomic E-state index is 12.8. The topological polar surface area (TPSA) is 79.2 Å². The summed E-state index contributed by atoms with van der Waals surface area (Å²) in [6.45, 7) is 1.95. The first-order valence-corrected chi connectivity index (χ1v) is 8.31. The van der Waals surface area contributed by atoms with Gasteiger partial charge < -0.3 is 4.90 Å². The van der Waals surface area contributed by atoms with Crippen LogP contribution in [0.5, 0.6) is 0 Å². The van der Waals surface area contributed by atoms with Gasteiger partial charge in [-0.3, -0.25) is 14.3 Å². The first kappa shape index (κ1) is 16.0. The summed E-state index contributed by atoms with van der Waals surface area (Å²) in [7, 11) is 1.76. The van der Waals surface area contributed by atoms with E-state index < -0.39 is 0 Å². The molecule has 4 aromatic rings. The molecule has 0 saturated heterocycles. The Morgan fingerprint density at radius 3 is 2.81 bits per heavy atom. The zero-order chi connectivity index (χ0) is 18.1. The number of amides is 1. The van der Waals surface area contributed by atoms with Crippen LogP contribution in [0.1, 0.15) is 29.1 Å². The fourth-order valence-electron chi connectivity index (χ4n) is 2.81. The minimum Gasteiger partial charge on any atom is -0.332 e. The van der Waals surface area contributed by atoms with Gasteiger partial charge in [-0.25, -0.2) is 9.97 Å². The molecule has 26 heavy (non-hydrogen) atoms. The molecule has 0 spiro atoms. The van der Waals surface area contributed by atoms with Gasteiger partial charge in [0.05, 0.1) is 17.4 Å². The van der Waals surface area contributed by atoms with E-state index in [4.69, 9.17) is 0 Å². The second-order valence-corrected chi connectivity index (χ2v) is 6.12. The Bertz CT molecular complexity index is 1020. The van der Waals surface area contributed by atoms with Gasteiger partial charge in [0.2, 0.25) is 5.78 Å². The van der Waals surface area contributed by atoms with Crippen molar-refractivity contribution < 1.29 is 4.79 Å². The van der Waals surface area contributed by atoms with Crippen LogP contribution in [0.15, 0.2) is 61.1 Å². The smallest absolute Gasteiger partial charge is 0.274 e. The number of nitrogens with one attached hydrogen (secondary N) is 1. The molecule has 3 heterocycles. The van der Waals surface area contributed by atoms with Gasteiger partial charge in [-0.05, 0) is 19.1 Å². The van der Waals surface area contributed by atoms with Crippen molar-refractivity contribution in [2.24, 2.45) is 0 Å². The fourth-order valence-corrected chi connectivity index (χ4v) is 2.81. The first-order chi connectivity index (χ1) is 12.6. The molecule has 1 N–H and O–H groups in total. The fraction of sp³-hybridized carbons (Fsp3) is 0.158. The summed E-state index contributed by atoms with van der Waals surface area (Å²) < 4.78 is 1.73. The number of aromatic nitrogens is 5. The van der Waals surface area contributed by atoms with Crippen molar-refractivity contribution in [3.05, 3.63) is 72.4 Å². The number of nitrogens with zero attached hydrogens (tertiary/aromatic N) is 5. The molecular formula is C19H18N6O. The van der Waals surface area contributed by atoms with E-state index in [1.54, 1.807) is 34.8 Å². The van der Waals surface area contributed by atoms with Crippen LogP contribution in [0.2, 0.25) is 0 Å². The lowest BCUT2D eigenvalue weighted by atomic mass is 10.1. The quantitative estimate of drug-likeness (QED) is 0.616. The molecule has 4 rings (SSSR count). The Balaban J connectivity index is 1.56. The number of H-pyrrole nitrogens is 1. The summed E-state index contributed by atoms with van der Waals surface area (Å²) in [6.07, 6.45) is 5.16. The molecule has 0 fully saturated rings. The number of hydrogen-bond acceptors (Lipinski definition) is 4. The SMILES string of the molecule is C[C@@H](c1cc(-c2ccccc2)n[nH]1)N(C)C(=O)c1cn2cccnc2n1. The Labute approximate surface area is 150 Å². The van der Waals surface area contributed by atoms with Gasteiger partial charge in [0, 0.05) is 31.2 Å². The van der Waals surface area contributed by atoms with Gasteiger partial charge >= 0.3 is 0 Å². The molecule has 0 aliphatic rings. The van der Waals surface area contributed by atoms with Crippen LogP contribution in [0.25, 0.3) is 17.0 Å². The summed E-state index contributed by atoms with van der Waals surface area (Å²) >= 11 is 0. The molecule has 0 aliphatic heterocycles. The van der Waals surface area contributed by atoms with E-state index in [0.29, 0.717) is 11.5 Å². The number of imidazole rings is 1. The normalized spacial score (nSPS) is 12.2. The van der Waals surface area contributed by atoms with Crippen LogP contribution in [0, 0.1) is 0 Å². The molecule has 0 aliphatic carbocycles. The van der Waals surface area contributed by atoms with E-state index in [-0.39, 0.29) is 11.9 Å². The predicted octanol–water partition coefficient (Wildman–Crippen LogP) is 2.95. The molecule has 3 aromatic heterocycles. The zero-order valence-electron chi connectivity index (χ0n) is 14.5. The summed E-state index contributed by atoms with van der Waals surface area (Å²) in [6, 6.07) is 13.5. The standard InChI is InChI=1S/C19H18N6O/c1-13(15-11-16(23-22-15)14-7-4-3-5-8-14)24(2)18(26)17-12-25-10-6-9-20-19(25)21-17/h3-13H,1-2H3,(H,22,23)/t13-/m0/s1. The van der Waals surface area contributed by atoms with E-state index in [0.717, 1.165) is 17.0 Å². The van der Waals surface area contributed by atoms with E-state index in [1.807, 2.05) is 49.5 Å². The van der Waals surface area contributed by atoms with Crippen molar-refractivity contribution in [2.75, 3.05) is 7.05 Å². The number of benzene rings is 1. The van der Waals surface area contributed by atoms with Crippen LogP contribution >= 0.6 is 0 Å². The molecule has 130 valence electrons. The Morgan fingerprint density at radius 2 is 2.04 bits per heavy atom. The Morgan fingerprint density at radius 1 is 1.23 bits per heavy atom. The van der Waals surface area contributed by atoms with Gasteiger partial charge in [0.15, 0.2) is 0 Å². The van der Waals surface area contributed by atoms with Crippen molar-refractivity contribution in [2.45, 2.75) is 13.0 Å². The molecule has 1 aromatic carbocycles. The summed E-state index contributed by atoms with van der Waals surface area (Å²) in [5.41, 5.74) is 3.11. The lowest BCUT2D eigenvalue weighted by Crippen LogP contribution is -2.30. The summed E-state index contributed by atoms with van der Waals surface area (Å²) in [4.78, 5) is 22.9. The van der Waals surface area contributed by atoms with E-state index >= 15 is 0 Å². The van der Waals surface area contributed by atoms with E-state index in [9.17, 15) is 4.79 Å². The third-order valence-corrected chi connectivity index (χ3v) is 4.47. The molecule has 0 saturated carbocycles. The minimum atomic E-state index is -0.176. The molecule has 7 nitrogen and oxygen atoms in total. The average Bonchev–Trinajstić information content (AvgIpc) is 3.34. The number of fused-ring (bicyclic) bond motifs is 1. The molecule has 0 unspecified atom stereocenters. The van der Waals surface area contributed by atoms with E-state index in [1.165, 1.54) is 0 Å². The maximum Gasteiger partial charge on any atom is 0.274 e. The summed E-state index contributed by atoms with van der Waals surface area (Å²) in [5, 5.41) is 7.40. The second kappa shape index (κ2) is 6.44. The number of carbonyl (C=O) groups excluding carboxylic acids is 1. The highest BCUT2D eigenvalue weighted by Crippen LogP contribution is 2.24. The van der Waals surface area contributed by atoms with Crippen molar-refractivity contribution in [3.63, 3.8) is 0 Å². The lowest BCUT2D eigenvalue weighted by Gasteiger charge is -2.22. The van der Waals surface area contributed by atoms with Crippen LogP contribution in [0.3, 0.4) is 0 Å². The highest BCUT2D eigenvalue weighted by atomic mass is 16.2. The van der Waals surface area contributed by atoms with Crippen molar-refractivity contribution in [1.82, 2.24) is 29.5 Å². The van der Waals surface area contributed by atoms with Gasteiger partial charge in [0.1, 0.15) is 5.69 Å². The highest BCUT2D eigenvalue weighted by Gasteiger charge is 2.23. The molecule has 7 heteroatoms. The first-order valence-electron chi connectivity index (χ1n) is 8.31. The molecule has 0 radical (unpaired) electrons. The van der Waals surface area contributed by atoms with Crippen molar-refractivity contribution in [1.29, 1.82) is 0 Å². The van der Waals surface area contributed by atoms with Crippen LogP contribution in [-0.4, -0.2) is 42.4 Å². The number of hydrogen-bond donors (Lipinski definition) is 1. The Hall–Kier alpha value is -3.48. The lowest BCUT2D eigenvalue weighted by molar-refractivity contribution is 0.0734. The summed E-state index contributed by atoms with van der Waals surface area (Å²) in [5.74, 6) is 0.337. The van der Waals surface area contributed by atoms with Gasteiger partial charge in [-0.15, -0.1) is 0 Å². The number of rotatable bonds is 4. The molecule has 1 atom stereocenters. The number of aromatic amines is 1. The van der Waals surface area contributed by atoms with Gasteiger partial charge in [-0.2, -0.15) is 5.10 Å². The largest absolute Gasteiger partial charge is 0.332 e. The second-order valence-electron chi connectivity index (χ2n) is 6.12. The van der Waals surface area contributed by atoms with Crippen molar-refractivity contribution >= 4 is 11.7 Å². The van der Waals surface area contributed by atoms with Gasteiger partial charge in [-0.1, -0.05) is 30.3 Å². The monoisotopic (exact) mass is 346 g/mol.